The van der Waals surface area contributed by atoms with Crippen LogP contribution >= 0.6 is 0 Å². The monoisotopic (exact) mass is 707 g/mol. The molecule has 0 rings (SSSR count). The third-order valence-electron chi connectivity index (χ3n) is 10.8. The molecule has 298 valence electrons. The summed E-state index contributed by atoms with van der Waals surface area (Å²) in [5.41, 5.74) is 0. The number of carbonyl (C=O) groups is 2. The Labute approximate surface area is 314 Å². The van der Waals surface area contributed by atoms with E-state index >= 15 is 0 Å². The van der Waals surface area contributed by atoms with E-state index in [0.29, 0.717) is 50.7 Å². The van der Waals surface area contributed by atoms with Crippen LogP contribution in [0.4, 0.5) is 0 Å². The van der Waals surface area contributed by atoms with Gasteiger partial charge in [-0.3, -0.25) is 9.59 Å². The second-order valence-electron chi connectivity index (χ2n) is 15.9. The van der Waals surface area contributed by atoms with E-state index in [-0.39, 0.29) is 11.9 Å². The average Bonchev–Trinajstić information content (AvgIpc) is 3.12. The topological polar surface area (TPSA) is 52.6 Å². The minimum atomic E-state index is -0.0911. The third kappa shape index (κ3) is 36.7. The van der Waals surface area contributed by atoms with Gasteiger partial charge in [0.05, 0.1) is 13.2 Å². The van der Waals surface area contributed by atoms with Crippen molar-refractivity contribution in [2.75, 3.05) is 13.2 Å². The van der Waals surface area contributed by atoms with Crippen molar-refractivity contribution in [2.45, 2.75) is 259 Å². The van der Waals surface area contributed by atoms with Crippen LogP contribution in [0.15, 0.2) is 0 Å². The van der Waals surface area contributed by atoms with Gasteiger partial charge in [-0.15, -0.1) is 0 Å². The van der Waals surface area contributed by atoms with Crippen LogP contribution in [0.3, 0.4) is 0 Å². The maximum Gasteiger partial charge on any atom is 0.305 e. The van der Waals surface area contributed by atoms with Gasteiger partial charge in [0.2, 0.25) is 0 Å². The van der Waals surface area contributed by atoms with Crippen LogP contribution in [0.5, 0.6) is 0 Å². The number of ether oxygens (including phenoxy) is 2. The van der Waals surface area contributed by atoms with E-state index < -0.39 is 0 Å². The minimum absolute atomic E-state index is 0.0911. The highest BCUT2D eigenvalue weighted by molar-refractivity contribution is 5.70. The molecule has 0 aliphatic rings. The van der Waals surface area contributed by atoms with Crippen LogP contribution in [0, 0.1) is 11.8 Å². The standard InChI is InChI=1S/C46H90O4/c1-5-9-13-17-21-23-27-31-37-43(35-29-25-19-15-11-7-3)41-49-45(47)39-33-34-40-46(48)50-42-44(36-30-26-20-16-12-8-4)38-32-28-24-22-18-14-10-6-2/h43-44H,5-42H2,1-4H3/t43-,44+. The Hall–Kier alpha value is -1.06. The van der Waals surface area contributed by atoms with Crippen molar-refractivity contribution in [1.82, 2.24) is 0 Å². The molecule has 0 aromatic carbocycles. The van der Waals surface area contributed by atoms with Crippen LogP contribution in [0.25, 0.3) is 0 Å². The summed E-state index contributed by atoms with van der Waals surface area (Å²) in [6, 6.07) is 0. The van der Waals surface area contributed by atoms with Gasteiger partial charge in [0.15, 0.2) is 0 Å². The van der Waals surface area contributed by atoms with Gasteiger partial charge in [-0.2, -0.15) is 0 Å². The zero-order valence-corrected chi connectivity index (χ0v) is 34.7. The zero-order chi connectivity index (χ0) is 36.6. The molecule has 0 aliphatic heterocycles. The molecule has 0 aromatic heterocycles. The molecule has 0 saturated carbocycles. The quantitative estimate of drug-likeness (QED) is 0.0469. The molecular formula is C46H90O4. The molecule has 0 saturated heterocycles. The van der Waals surface area contributed by atoms with Crippen LogP contribution in [-0.4, -0.2) is 25.2 Å². The van der Waals surface area contributed by atoms with E-state index in [1.807, 2.05) is 0 Å². The molecule has 0 fully saturated rings. The van der Waals surface area contributed by atoms with Crippen LogP contribution < -0.4 is 0 Å². The van der Waals surface area contributed by atoms with Crippen molar-refractivity contribution < 1.29 is 19.1 Å². The minimum Gasteiger partial charge on any atom is -0.465 e. The number of hydrogen-bond donors (Lipinski definition) is 0. The van der Waals surface area contributed by atoms with Crippen LogP contribution in [0.1, 0.15) is 259 Å². The fourth-order valence-electron chi connectivity index (χ4n) is 7.29. The first kappa shape index (κ1) is 48.9. The van der Waals surface area contributed by atoms with Crippen molar-refractivity contribution >= 4 is 11.9 Å². The molecule has 4 heteroatoms. The number of unbranched alkanes of at least 4 members (excludes halogenated alkanes) is 25. The molecule has 0 aromatic rings. The molecule has 0 bridgehead atoms. The Morgan fingerprint density at radius 3 is 0.780 bits per heavy atom. The number of rotatable bonds is 41. The fraction of sp³-hybridized carbons (Fsp3) is 0.957. The van der Waals surface area contributed by atoms with Crippen molar-refractivity contribution in [2.24, 2.45) is 11.8 Å². The average molecular weight is 707 g/mol. The highest BCUT2D eigenvalue weighted by Gasteiger charge is 2.15. The molecule has 50 heavy (non-hydrogen) atoms. The molecule has 0 heterocycles. The molecule has 4 nitrogen and oxygen atoms in total. The first-order valence-corrected chi connectivity index (χ1v) is 22.9. The van der Waals surface area contributed by atoms with E-state index in [1.54, 1.807) is 0 Å². The normalized spacial score (nSPS) is 12.6. The molecular weight excluding hydrogens is 617 g/mol. The summed E-state index contributed by atoms with van der Waals surface area (Å²) < 4.78 is 11.6. The van der Waals surface area contributed by atoms with Crippen molar-refractivity contribution in [3.8, 4) is 0 Å². The molecule has 0 amide bonds. The SMILES string of the molecule is CCCCCCCCCC[C@@H](CCCCCCCC)COC(=O)CCCCC(=O)OC[C@@H](CCCCCCCC)CCCCCCCCCC. The second-order valence-corrected chi connectivity index (χ2v) is 15.9. The lowest BCUT2D eigenvalue weighted by molar-refractivity contribution is -0.147. The van der Waals surface area contributed by atoms with Gasteiger partial charge in [-0.25, -0.2) is 0 Å². The molecule has 2 atom stereocenters. The molecule has 0 unspecified atom stereocenters. The smallest absolute Gasteiger partial charge is 0.305 e. The van der Waals surface area contributed by atoms with Gasteiger partial charge in [0, 0.05) is 12.8 Å². The lowest BCUT2D eigenvalue weighted by Crippen LogP contribution is -2.15. The van der Waals surface area contributed by atoms with Gasteiger partial charge in [0.1, 0.15) is 0 Å². The summed E-state index contributed by atoms with van der Waals surface area (Å²) >= 11 is 0. The van der Waals surface area contributed by atoms with Gasteiger partial charge in [-0.05, 0) is 50.4 Å². The van der Waals surface area contributed by atoms with Gasteiger partial charge in [0.25, 0.3) is 0 Å². The first-order chi connectivity index (χ1) is 24.6. The largest absolute Gasteiger partial charge is 0.465 e. The Morgan fingerprint density at radius 2 is 0.540 bits per heavy atom. The fourth-order valence-corrected chi connectivity index (χ4v) is 7.29. The number of esters is 2. The predicted octanol–water partition coefficient (Wildman–Crippen LogP) is 15.4. The second kappa shape index (κ2) is 40.7. The Bertz CT molecular complexity index is 634. The Kier molecular flexibility index (Phi) is 39.8. The molecule has 0 radical (unpaired) electrons. The maximum atomic E-state index is 12.6. The number of carbonyl (C=O) groups excluding carboxylic acids is 2. The summed E-state index contributed by atoms with van der Waals surface area (Å²) in [5.74, 6) is 0.809. The summed E-state index contributed by atoms with van der Waals surface area (Å²) in [6.45, 7) is 10.2. The predicted molar refractivity (Wildman–Crippen MR) is 218 cm³/mol. The van der Waals surface area contributed by atoms with Crippen LogP contribution in [-0.2, 0) is 19.1 Å². The van der Waals surface area contributed by atoms with E-state index in [0.717, 1.165) is 0 Å². The van der Waals surface area contributed by atoms with E-state index in [2.05, 4.69) is 27.7 Å². The Balaban J connectivity index is 4.37. The number of hydrogen-bond acceptors (Lipinski definition) is 4. The first-order valence-electron chi connectivity index (χ1n) is 22.9. The third-order valence-corrected chi connectivity index (χ3v) is 10.8. The maximum absolute atomic E-state index is 12.6. The highest BCUT2D eigenvalue weighted by Crippen LogP contribution is 2.22. The van der Waals surface area contributed by atoms with E-state index in [9.17, 15) is 9.59 Å². The summed E-state index contributed by atoms with van der Waals surface area (Å²) in [4.78, 5) is 25.2. The van der Waals surface area contributed by atoms with Crippen LogP contribution in [0.2, 0.25) is 0 Å². The van der Waals surface area contributed by atoms with Crippen molar-refractivity contribution in [1.29, 1.82) is 0 Å². The van der Waals surface area contributed by atoms with Gasteiger partial charge >= 0.3 is 11.9 Å². The van der Waals surface area contributed by atoms with Crippen molar-refractivity contribution in [3.05, 3.63) is 0 Å². The lowest BCUT2D eigenvalue weighted by Gasteiger charge is -2.18. The van der Waals surface area contributed by atoms with Crippen molar-refractivity contribution in [3.63, 3.8) is 0 Å². The Morgan fingerprint density at radius 1 is 0.320 bits per heavy atom. The molecule has 0 spiro atoms. The van der Waals surface area contributed by atoms with Gasteiger partial charge in [-0.1, -0.05) is 207 Å². The molecule has 0 aliphatic carbocycles. The summed E-state index contributed by atoms with van der Waals surface area (Å²) in [6.07, 6.45) is 44.1. The van der Waals surface area contributed by atoms with E-state index in [1.165, 1.54) is 205 Å². The summed E-state index contributed by atoms with van der Waals surface area (Å²) in [5, 5.41) is 0. The molecule has 0 N–H and O–H groups in total. The zero-order valence-electron chi connectivity index (χ0n) is 34.7. The van der Waals surface area contributed by atoms with Gasteiger partial charge < -0.3 is 9.47 Å². The highest BCUT2D eigenvalue weighted by atomic mass is 16.5. The lowest BCUT2D eigenvalue weighted by atomic mass is 9.94. The summed E-state index contributed by atoms with van der Waals surface area (Å²) in [7, 11) is 0. The van der Waals surface area contributed by atoms with E-state index in [4.69, 9.17) is 9.47 Å².